The van der Waals surface area contributed by atoms with Crippen molar-refractivity contribution in [1.29, 1.82) is 0 Å². The molecule has 2 aliphatic heterocycles. The fourth-order valence-electron chi connectivity index (χ4n) is 3.26. The number of ether oxygens (including phenoxy) is 1. The number of nitrogens with one attached hydrogen (secondary N) is 1. The largest absolute Gasteiger partial charge is 0.378 e. The fourth-order valence-corrected chi connectivity index (χ4v) is 3.26. The molecule has 3 heterocycles. The predicted molar refractivity (Wildman–Crippen MR) is 76.9 cm³/mol. The lowest BCUT2D eigenvalue weighted by molar-refractivity contribution is -0.120. The first-order valence-corrected chi connectivity index (χ1v) is 7.38. The SMILES string of the molecule is CCCN1c2c(c(CC)nn2C)NC(=O)C2COCC21. The van der Waals surface area contributed by atoms with E-state index in [2.05, 4.69) is 29.2 Å². The highest BCUT2D eigenvalue weighted by atomic mass is 16.5. The van der Waals surface area contributed by atoms with Gasteiger partial charge in [-0.2, -0.15) is 5.10 Å². The molecule has 0 saturated carbocycles. The summed E-state index contributed by atoms with van der Waals surface area (Å²) in [5.41, 5.74) is 1.85. The number of amides is 1. The van der Waals surface area contributed by atoms with Crippen LogP contribution >= 0.6 is 0 Å². The lowest BCUT2D eigenvalue weighted by Crippen LogP contribution is -2.43. The molecule has 2 unspecified atom stereocenters. The molecule has 3 rings (SSSR count). The number of hydrogen-bond donors (Lipinski definition) is 1. The van der Waals surface area contributed by atoms with Crippen LogP contribution < -0.4 is 10.2 Å². The van der Waals surface area contributed by atoms with Crippen LogP contribution in [0.15, 0.2) is 0 Å². The van der Waals surface area contributed by atoms with Crippen molar-refractivity contribution in [2.24, 2.45) is 13.0 Å². The van der Waals surface area contributed by atoms with E-state index in [9.17, 15) is 4.79 Å². The van der Waals surface area contributed by atoms with Crippen molar-refractivity contribution < 1.29 is 9.53 Å². The maximum atomic E-state index is 12.4. The van der Waals surface area contributed by atoms with Gasteiger partial charge in [0.25, 0.3) is 0 Å². The third-order valence-electron chi connectivity index (χ3n) is 4.20. The highest BCUT2D eigenvalue weighted by Gasteiger charge is 2.43. The summed E-state index contributed by atoms with van der Waals surface area (Å²) in [7, 11) is 1.95. The van der Waals surface area contributed by atoms with Crippen LogP contribution in [-0.2, 0) is 23.0 Å². The Bertz CT molecular complexity index is 525. The molecule has 6 heteroatoms. The van der Waals surface area contributed by atoms with Crippen molar-refractivity contribution in [2.45, 2.75) is 32.7 Å². The van der Waals surface area contributed by atoms with Gasteiger partial charge in [-0.25, -0.2) is 0 Å². The minimum absolute atomic E-state index is 0.0649. The van der Waals surface area contributed by atoms with Crippen molar-refractivity contribution in [3.05, 3.63) is 5.69 Å². The minimum Gasteiger partial charge on any atom is -0.378 e. The molecule has 0 bridgehead atoms. The Balaban J connectivity index is 2.11. The summed E-state index contributed by atoms with van der Waals surface area (Å²) in [6.07, 6.45) is 1.85. The van der Waals surface area contributed by atoms with E-state index < -0.39 is 0 Å². The van der Waals surface area contributed by atoms with Crippen LogP contribution in [0.3, 0.4) is 0 Å². The van der Waals surface area contributed by atoms with Crippen molar-refractivity contribution in [2.75, 3.05) is 30.0 Å². The molecule has 1 aromatic rings. The summed E-state index contributed by atoms with van der Waals surface area (Å²) in [5, 5.41) is 7.63. The lowest BCUT2D eigenvalue weighted by atomic mass is 10.0. The molecule has 2 aliphatic rings. The molecule has 1 saturated heterocycles. The van der Waals surface area contributed by atoms with Gasteiger partial charge in [0.15, 0.2) is 5.82 Å². The van der Waals surface area contributed by atoms with Gasteiger partial charge in [-0.15, -0.1) is 0 Å². The molecule has 2 atom stereocenters. The number of anilines is 2. The Morgan fingerprint density at radius 2 is 2.20 bits per heavy atom. The molecule has 0 spiro atoms. The summed E-state index contributed by atoms with van der Waals surface area (Å²) in [5.74, 6) is 1.00. The van der Waals surface area contributed by atoms with Gasteiger partial charge in [-0.3, -0.25) is 9.48 Å². The first-order valence-electron chi connectivity index (χ1n) is 7.38. The zero-order chi connectivity index (χ0) is 14.3. The average Bonchev–Trinajstić information content (AvgIpc) is 2.99. The molecule has 1 N–H and O–H groups in total. The van der Waals surface area contributed by atoms with Crippen LogP contribution in [0.2, 0.25) is 0 Å². The standard InChI is InChI=1S/C14H22N4O2/c1-4-6-18-11-8-20-7-9(11)13(19)15-12-10(5-2)16-17(3)14(12)18/h9,11H,4-8H2,1-3H3,(H,15,19). The summed E-state index contributed by atoms with van der Waals surface area (Å²) in [4.78, 5) is 14.7. The van der Waals surface area contributed by atoms with E-state index in [0.717, 1.165) is 36.6 Å². The number of carbonyl (C=O) groups is 1. The van der Waals surface area contributed by atoms with E-state index in [1.54, 1.807) is 0 Å². The van der Waals surface area contributed by atoms with Crippen molar-refractivity contribution in [3.8, 4) is 0 Å². The molecule has 6 nitrogen and oxygen atoms in total. The van der Waals surface area contributed by atoms with E-state index in [-0.39, 0.29) is 17.9 Å². The van der Waals surface area contributed by atoms with Gasteiger partial charge in [0.1, 0.15) is 5.69 Å². The average molecular weight is 278 g/mol. The van der Waals surface area contributed by atoms with Gasteiger partial charge >= 0.3 is 0 Å². The number of aromatic nitrogens is 2. The maximum Gasteiger partial charge on any atom is 0.232 e. The smallest absolute Gasteiger partial charge is 0.232 e. The Hall–Kier alpha value is -1.56. The van der Waals surface area contributed by atoms with Crippen LogP contribution in [0.1, 0.15) is 26.0 Å². The van der Waals surface area contributed by atoms with Gasteiger partial charge < -0.3 is 15.0 Å². The highest BCUT2D eigenvalue weighted by Crippen LogP contribution is 2.37. The van der Waals surface area contributed by atoms with Gasteiger partial charge in [-0.05, 0) is 12.8 Å². The number of aryl methyl sites for hydroxylation is 2. The molecule has 1 fully saturated rings. The quantitative estimate of drug-likeness (QED) is 0.901. The number of carbonyl (C=O) groups excluding carboxylic acids is 1. The predicted octanol–water partition coefficient (Wildman–Crippen LogP) is 1.17. The first-order chi connectivity index (χ1) is 9.67. The molecular weight excluding hydrogens is 256 g/mol. The number of nitrogens with zero attached hydrogens (tertiary/aromatic N) is 3. The second-order valence-electron chi connectivity index (χ2n) is 5.52. The van der Waals surface area contributed by atoms with Crippen LogP contribution in [0.25, 0.3) is 0 Å². The van der Waals surface area contributed by atoms with Crippen molar-refractivity contribution in [1.82, 2.24) is 9.78 Å². The van der Waals surface area contributed by atoms with Crippen LogP contribution in [0, 0.1) is 5.92 Å². The molecule has 0 radical (unpaired) electrons. The number of fused-ring (bicyclic) bond motifs is 2. The number of rotatable bonds is 3. The number of hydrogen-bond acceptors (Lipinski definition) is 4. The fraction of sp³-hybridized carbons (Fsp3) is 0.714. The second-order valence-corrected chi connectivity index (χ2v) is 5.52. The molecule has 1 aromatic heterocycles. The van der Waals surface area contributed by atoms with Gasteiger partial charge in [0, 0.05) is 13.6 Å². The first kappa shape index (κ1) is 13.4. The topological polar surface area (TPSA) is 59.4 Å². The monoisotopic (exact) mass is 278 g/mol. The molecule has 0 aromatic carbocycles. The van der Waals surface area contributed by atoms with Crippen LogP contribution in [0.4, 0.5) is 11.5 Å². The Morgan fingerprint density at radius 3 is 2.90 bits per heavy atom. The molecule has 1 amide bonds. The Kier molecular flexibility index (Phi) is 3.41. The highest BCUT2D eigenvalue weighted by molar-refractivity contribution is 5.98. The normalized spacial score (nSPS) is 25.1. The van der Waals surface area contributed by atoms with Crippen molar-refractivity contribution >= 4 is 17.4 Å². The lowest BCUT2D eigenvalue weighted by Gasteiger charge is -2.30. The third kappa shape index (κ3) is 1.90. The molecular formula is C14H22N4O2. The minimum atomic E-state index is -0.0846. The van der Waals surface area contributed by atoms with E-state index in [4.69, 9.17) is 4.74 Å². The third-order valence-corrected chi connectivity index (χ3v) is 4.20. The van der Waals surface area contributed by atoms with Gasteiger partial charge in [0.05, 0.1) is 30.9 Å². The van der Waals surface area contributed by atoms with Crippen LogP contribution in [0.5, 0.6) is 0 Å². The zero-order valence-corrected chi connectivity index (χ0v) is 12.3. The Labute approximate surface area is 119 Å². The molecule has 110 valence electrons. The van der Waals surface area contributed by atoms with E-state index in [1.165, 1.54) is 0 Å². The molecule has 20 heavy (non-hydrogen) atoms. The Morgan fingerprint density at radius 1 is 1.40 bits per heavy atom. The summed E-state index contributed by atoms with van der Waals surface area (Å²) in [6.45, 7) is 6.26. The molecule has 0 aliphatic carbocycles. The summed E-state index contributed by atoms with van der Waals surface area (Å²) < 4.78 is 7.44. The van der Waals surface area contributed by atoms with Gasteiger partial charge in [-0.1, -0.05) is 13.8 Å². The zero-order valence-electron chi connectivity index (χ0n) is 12.3. The summed E-state index contributed by atoms with van der Waals surface area (Å²) in [6, 6.07) is 0.122. The van der Waals surface area contributed by atoms with E-state index in [1.807, 2.05) is 11.7 Å². The maximum absolute atomic E-state index is 12.4. The van der Waals surface area contributed by atoms with E-state index in [0.29, 0.717) is 13.2 Å². The van der Waals surface area contributed by atoms with Crippen molar-refractivity contribution in [3.63, 3.8) is 0 Å². The van der Waals surface area contributed by atoms with Gasteiger partial charge in [0.2, 0.25) is 5.91 Å². The summed E-state index contributed by atoms with van der Waals surface area (Å²) >= 11 is 0. The van der Waals surface area contributed by atoms with Crippen LogP contribution in [-0.4, -0.2) is 41.5 Å². The second kappa shape index (κ2) is 5.09. The van der Waals surface area contributed by atoms with E-state index >= 15 is 0 Å².